The number of nitrogens with one attached hydrogen (secondary N) is 1. The van der Waals surface area contributed by atoms with E-state index < -0.39 is 6.10 Å². The van der Waals surface area contributed by atoms with Crippen LogP contribution in [0.2, 0.25) is 0 Å². The predicted molar refractivity (Wildman–Crippen MR) is 85.7 cm³/mol. The molecule has 1 saturated heterocycles. The molecule has 6 heteroatoms. The Balaban J connectivity index is 1.74. The molecule has 2 unspecified atom stereocenters. The van der Waals surface area contributed by atoms with Gasteiger partial charge in [-0.2, -0.15) is 0 Å². The van der Waals surface area contributed by atoms with Crippen molar-refractivity contribution >= 4 is 5.91 Å². The number of rotatable bonds is 7. The normalized spacial score (nSPS) is 20.0. The lowest BCUT2D eigenvalue weighted by Gasteiger charge is -2.33. The van der Waals surface area contributed by atoms with Gasteiger partial charge in [0.25, 0.3) is 0 Å². The van der Waals surface area contributed by atoms with Crippen molar-refractivity contribution in [1.82, 2.24) is 10.2 Å². The van der Waals surface area contributed by atoms with E-state index in [0.29, 0.717) is 25.4 Å². The van der Waals surface area contributed by atoms with Crippen molar-refractivity contribution in [3.05, 3.63) is 30.1 Å². The number of β-amino-alcohol motifs (C(OH)–C–C–N with tert-alkyl or cyclic N) is 1. The van der Waals surface area contributed by atoms with Gasteiger partial charge in [-0.05, 0) is 50.6 Å². The van der Waals surface area contributed by atoms with Gasteiger partial charge in [-0.25, -0.2) is 4.39 Å². The van der Waals surface area contributed by atoms with E-state index in [0.717, 1.165) is 19.4 Å². The van der Waals surface area contributed by atoms with Crippen LogP contribution in [0.1, 0.15) is 19.8 Å². The summed E-state index contributed by atoms with van der Waals surface area (Å²) in [6.45, 7) is 4.71. The first-order valence-corrected chi connectivity index (χ1v) is 8.15. The lowest BCUT2D eigenvalue weighted by atomic mass is 9.97. The summed E-state index contributed by atoms with van der Waals surface area (Å²) in [4.78, 5) is 14.0. The monoisotopic (exact) mass is 324 g/mol. The van der Waals surface area contributed by atoms with Crippen molar-refractivity contribution in [2.45, 2.75) is 25.9 Å². The van der Waals surface area contributed by atoms with Gasteiger partial charge in [0.1, 0.15) is 24.3 Å². The van der Waals surface area contributed by atoms with E-state index in [9.17, 15) is 14.3 Å². The van der Waals surface area contributed by atoms with Gasteiger partial charge in [-0.3, -0.25) is 9.69 Å². The van der Waals surface area contributed by atoms with Crippen LogP contribution in [0.4, 0.5) is 4.39 Å². The second kappa shape index (κ2) is 8.84. The second-order valence-corrected chi connectivity index (χ2v) is 5.91. The smallest absolute Gasteiger partial charge is 0.224 e. The van der Waals surface area contributed by atoms with Gasteiger partial charge >= 0.3 is 0 Å². The van der Waals surface area contributed by atoms with E-state index in [4.69, 9.17) is 4.74 Å². The number of aliphatic hydroxyl groups is 1. The second-order valence-electron chi connectivity index (χ2n) is 5.91. The van der Waals surface area contributed by atoms with Crippen LogP contribution in [0, 0.1) is 11.7 Å². The molecule has 0 aromatic heterocycles. The predicted octanol–water partition coefficient (Wildman–Crippen LogP) is 1.41. The van der Waals surface area contributed by atoms with Crippen LogP contribution in [-0.4, -0.2) is 54.8 Å². The number of carbonyl (C=O) groups excluding carboxylic acids is 1. The number of benzene rings is 1. The molecule has 1 aliphatic heterocycles. The van der Waals surface area contributed by atoms with Crippen LogP contribution in [0.3, 0.4) is 0 Å². The van der Waals surface area contributed by atoms with Crippen LogP contribution < -0.4 is 10.1 Å². The summed E-state index contributed by atoms with van der Waals surface area (Å²) in [5.41, 5.74) is 0. The van der Waals surface area contributed by atoms with E-state index >= 15 is 0 Å². The highest BCUT2D eigenvalue weighted by molar-refractivity contribution is 5.78. The zero-order valence-corrected chi connectivity index (χ0v) is 13.5. The Morgan fingerprint density at radius 2 is 2.22 bits per heavy atom. The molecule has 2 N–H and O–H groups in total. The van der Waals surface area contributed by atoms with Crippen LogP contribution in [-0.2, 0) is 4.79 Å². The van der Waals surface area contributed by atoms with Gasteiger partial charge < -0.3 is 15.2 Å². The number of aliphatic hydroxyl groups excluding tert-OH is 1. The molecule has 23 heavy (non-hydrogen) atoms. The lowest BCUT2D eigenvalue weighted by molar-refractivity contribution is -0.126. The molecular weight excluding hydrogens is 299 g/mol. The summed E-state index contributed by atoms with van der Waals surface area (Å²) in [5, 5.41) is 13.0. The first-order chi connectivity index (χ1) is 11.1. The minimum Gasteiger partial charge on any atom is -0.491 e. The molecule has 0 bridgehead atoms. The zero-order chi connectivity index (χ0) is 16.7. The number of piperidine rings is 1. The molecule has 5 nitrogen and oxygen atoms in total. The fourth-order valence-corrected chi connectivity index (χ4v) is 2.83. The van der Waals surface area contributed by atoms with Gasteiger partial charge in [0.05, 0.1) is 5.92 Å². The molecule has 0 spiro atoms. The van der Waals surface area contributed by atoms with Gasteiger partial charge in [-0.15, -0.1) is 0 Å². The number of carbonyl (C=O) groups is 1. The summed E-state index contributed by atoms with van der Waals surface area (Å²) in [5.74, 6) is 0.301. The standard InChI is InChI=1S/C17H25FN2O3/c1-2-19-17(22)13-4-3-9-20(10-13)11-15(21)12-23-16-7-5-14(18)6-8-16/h5-8,13,15,21H,2-4,9-12H2,1H3,(H,19,22). The minimum absolute atomic E-state index is 0.00563. The Labute approximate surface area is 136 Å². The van der Waals surface area contributed by atoms with E-state index in [2.05, 4.69) is 10.2 Å². The van der Waals surface area contributed by atoms with E-state index in [1.807, 2.05) is 6.92 Å². The largest absolute Gasteiger partial charge is 0.491 e. The van der Waals surface area contributed by atoms with Crippen LogP contribution in [0.15, 0.2) is 24.3 Å². The average Bonchev–Trinajstić information content (AvgIpc) is 2.55. The Hall–Kier alpha value is -1.66. The minimum atomic E-state index is -0.645. The Morgan fingerprint density at radius 1 is 1.48 bits per heavy atom. The van der Waals surface area contributed by atoms with Crippen LogP contribution in [0.5, 0.6) is 5.75 Å². The number of ether oxygens (including phenoxy) is 1. The first-order valence-electron chi connectivity index (χ1n) is 8.15. The maximum absolute atomic E-state index is 12.8. The van der Waals surface area contributed by atoms with Gasteiger partial charge in [0.15, 0.2) is 0 Å². The Morgan fingerprint density at radius 3 is 2.91 bits per heavy atom. The average molecular weight is 324 g/mol. The highest BCUT2D eigenvalue weighted by Crippen LogP contribution is 2.17. The van der Waals surface area contributed by atoms with Gasteiger partial charge in [0, 0.05) is 19.6 Å². The van der Waals surface area contributed by atoms with Gasteiger partial charge in [0.2, 0.25) is 5.91 Å². The van der Waals surface area contributed by atoms with Crippen molar-refractivity contribution in [2.24, 2.45) is 5.92 Å². The zero-order valence-electron chi connectivity index (χ0n) is 13.5. The van der Waals surface area contributed by atoms with Crippen LogP contribution >= 0.6 is 0 Å². The lowest BCUT2D eigenvalue weighted by Crippen LogP contribution is -2.46. The number of nitrogens with zero attached hydrogens (tertiary/aromatic N) is 1. The number of amides is 1. The Kier molecular flexibility index (Phi) is 6.80. The third-order valence-corrected chi connectivity index (χ3v) is 3.95. The number of hydrogen-bond donors (Lipinski definition) is 2. The molecule has 1 amide bonds. The van der Waals surface area contributed by atoms with Crippen molar-refractivity contribution in [1.29, 1.82) is 0 Å². The molecular formula is C17H25FN2O3. The third kappa shape index (κ3) is 5.80. The third-order valence-electron chi connectivity index (χ3n) is 3.95. The highest BCUT2D eigenvalue weighted by Gasteiger charge is 2.26. The van der Waals surface area contributed by atoms with Crippen molar-refractivity contribution in [2.75, 3.05) is 32.8 Å². The summed E-state index contributed by atoms with van der Waals surface area (Å²) >= 11 is 0. The number of halogens is 1. The molecule has 0 aliphatic carbocycles. The molecule has 1 aromatic rings. The molecule has 1 aliphatic rings. The highest BCUT2D eigenvalue weighted by atomic mass is 19.1. The van der Waals surface area contributed by atoms with E-state index in [-0.39, 0.29) is 24.2 Å². The summed E-state index contributed by atoms with van der Waals surface area (Å²) in [6, 6.07) is 5.72. The van der Waals surface area contributed by atoms with E-state index in [1.54, 1.807) is 0 Å². The quantitative estimate of drug-likeness (QED) is 0.796. The molecule has 128 valence electrons. The Bertz CT molecular complexity index is 495. The molecule has 1 aromatic carbocycles. The summed E-state index contributed by atoms with van der Waals surface area (Å²) in [6.07, 6.45) is 1.20. The molecule has 2 rings (SSSR count). The molecule has 0 saturated carbocycles. The van der Waals surface area contributed by atoms with Crippen molar-refractivity contribution < 1.29 is 19.0 Å². The SMILES string of the molecule is CCNC(=O)C1CCCN(CC(O)COc2ccc(F)cc2)C1. The van der Waals surface area contributed by atoms with Crippen LogP contribution in [0.25, 0.3) is 0 Å². The van der Waals surface area contributed by atoms with E-state index in [1.165, 1.54) is 24.3 Å². The topological polar surface area (TPSA) is 61.8 Å². The van der Waals surface area contributed by atoms with Gasteiger partial charge in [-0.1, -0.05) is 0 Å². The fraction of sp³-hybridized carbons (Fsp3) is 0.588. The van der Waals surface area contributed by atoms with Crippen molar-refractivity contribution in [3.63, 3.8) is 0 Å². The molecule has 1 fully saturated rings. The molecule has 0 radical (unpaired) electrons. The fourth-order valence-electron chi connectivity index (χ4n) is 2.83. The number of likely N-dealkylation sites (tertiary alicyclic amines) is 1. The maximum atomic E-state index is 12.8. The maximum Gasteiger partial charge on any atom is 0.224 e. The molecule has 2 atom stereocenters. The first kappa shape index (κ1) is 17.7. The summed E-state index contributed by atoms with van der Waals surface area (Å²) < 4.78 is 18.3. The summed E-state index contributed by atoms with van der Waals surface area (Å²) in [7, 11) is 0. The van der Waals surface area contributed by atoms with Crippen molar-refractivity contribution in [3.8, 4) is 5.75 Å². The molecule has 1 heterocycles. The number of hydrogen-bond acceptors (Lipinski definition) is 4.